The van der Waals surface area contributed by atoms with E-state index in [1.807, 2.05) is 30.3 Å². The van der Waals surface area contributed by atoms with Crippen molar-refractivity contribution < 1.29 is 9.59 Å². The third-order valence-electron chi connectivity index (χ3n) is 6.02. The summed E-state index contributed by atoms with van der Waals surface area (Å²) in [7, 11) is 0. The maximum Gasteiger partial charge on any atom is 0.224 e. The van der Waals surface area contributed by atoms with Gasteiger partial charge in [-0.3, -0.25) is 9.59 Å². The van der Waals surface area contributed by atoms with Crippen LogP contribution in [0.2, 0.25) is 0 Å². The molecule has 1 aliphatic carbocycles. The Bertz CT molecular complexity index is 810. The molecular weight excluding hydrogens is 348 g/mol. The number of amides is 2. The second-order valence-electron chi connectivity index (χ2n) is 8.10. The summed E-state index contributed by atoms with van der Waals surface area (Å²) >= 11 is 0. The first kappa shape index (κ1) is 18.7. The van der Waals surface area contributed by atoms with Crippen LogP contribution in [0.15, 0.2) is 54.6 Å². The quantitative estimate of drug-likeness (QED) is 0.834. The Labute approximate surface area is 166 Å². The van der Waals surface area contributed by atoms with Crippen LogP contribution in [-0.2, 0) is 16.0 Å². The molecular formula is C24H28N2O2. The zero-order valence-corrected chi connectivity index (χ0v) is 16.3. The van der Waals surface area contributed by atoms with Crippen molar-refractivity contribution in [3.05, 3.63) is 60.2 Å². The van der Waals surface area contributed by atoms with E-state index < -0.39 is 0 Å². The topological polar surface area (TPSA) is 49.4 Å². The van der Waals surface area contributed by atoms with Gasteiger partial charge in [0.25, 0.3) is 0 Å². The van der Waals surface area contributed by atoms with Crippen LogP contribution >= 0.6 is 0 Å². The fraction of sp³-hybridized carbons (Fsp3) is 0.417. The first-order valence-corrected chi connectivity index (χ1v) is 10.4. The lowest BCUT2D eigenvalue weighted by Gasteiger charge is -2.24. The molecule has 1 heterocycles. The molecule has 1 aliphatic heterocycles. The predicted molar refractivity (Wildman–Crippen MR) is 111 cm³/mol. The third kappa shape index (κ3) is 4.44. The highest BCUT2D eigenvalue weighted by atomic mass is 16.2. The van der Waals surface area contributed by atoms with E-state index in [1.165, 1.54) is 18.4 Å². The maximum absolute atomic E-state index is 12.3. The number of carbonyl (C=O) groups is 2. The lowest BCUT2D eigenvalue weighted by molar-refractivity contribution is -0.129. The SMILES string of the molecule is O=C(Cc1ccc(-c2ccccc2)cc1)NCC1CC(=O)N(C2CCCC2)C1. The number of hydrogen-bond donors (Lipinski definition) is 1. The van der Waals surface area contributed by atoms with Crippen molar-refractivity contribution in [2.24, 2.45) is 5.92 Å². The van der Waals surface area contributed by atoms with Crippen LogP contribution in [0.4, 0.5) is 0 Å². The van der Waals surface area contributed by atoms with E-state index in [2.05, 4.69) is 34.5 Å². The summed E-state index contributed by atoms with van der Waals surface area (Å²) < 4.78 is 0. The van der Waals surface area contributed by atoms with Crippen molar-refractivity contribution in [3.63, 3.8) is 0 Å². The summed E-state index contributed by atoms with van der Waals surface area (Å²) in [5.41, 5.74) is 3.34. The van der Waals surface area contributed by atoms with Gasteiger partial charge in [0.2, 0.25) is 11.8 Å². The van der Waals surface area contributed by atoms with E-state index >= 15 is 0 Å². The minimum atomic E-state index is 0.0271. The summed E-state index contributed by atoms with van der Waals surface area (Å²) in [6.07, 6.45) is 5.70. The monoisotopic (exact) mass is 376 g/mol. The number of rotatable bonds is 6. The summed E-state index contributed by atoms with van der Waals surface area (Å²) in [6.45, 7) is 1.39. The van der Waals surface area contributed by atoms with E-state index in [1.54, 1.807) is 0 Å². The Hall–Kier alpha value is -2.62. The van der Waals surface area contributed by atoms with Crippen LogP contribution in [0.5, 0.6) is 0 Å². The molecule has 0 spiro atoms. The minimum absolute atomic E-state index is 0.0271. The summed E-state index contributed by atoms with van der Waals surface area (Å²) in [4.78, 5) is 26.7. The summed E-state index contributed by atoms with van der Waals surface area (Å²) in [5.74, 6) is 0.541. The van der Waals surface area contributed by atoms with Gasteiger partial charge in [0.1, 0.15) is 0 Å². The van der Waals surface area contributed by atoms with Crippen molar-refractivity contribution in [1.29, 1.82) is 0 Å². The second-order valence-corrected chi connectivity index (χ2v) is 8.10. The Morgan fingerprint density at radius 2 is 1.64 bits per heavy atom. The van der Waals surface area contributed by atoms with Gasteiger partial charge < -0.3 is 10.2 Å². The number of hydrogen-bond acceptors (Lipinski definition) is 2. The molecule has 2 amide bonds. The van der Waals surface area contributed by atoms with Crippen molar-refractivity contribution in [3.8, 4) is 11.1 Å². The molecule has 1 unspecified atom stereocenters. The largest absolute Gasteiger partial charge is 0.355 e. The fourth-order valence-electron chi connectivity index (χ4n) is 4.47. The summed E-state index contributed by atoms with van der Waals surface area (Å²) in [6, 6.07) is 18.8. The van der Waals surface area contributed by atoms with Crippen LogP contribution in [0.25, 0.3) is 11.1 Å². The molecule has 1 saturated heterocycles. The predicted octanol–water partition coefficient (Wildman–Crippen LogP) is 3.80. The lowest BCUT2D eigenvalue weighted by Crippen LogP contribution is -2.36. The van der Waals surface area contributed by atoms with Crippen molar-refractivity contribution in [2.75, 3.05) is 13.1 Å². The van der Waals surface area contributed by atoms with E-state index in [4.69, 9.17) is 0 Å². The number of benzene rings is 2. The second kappa shape index (κ2) is 8.59. The third-order valence-corrected chi connectivity index (χ3v) is 6.02. The fourth-order valence-corrected chi connectivity index (χ4v) is 4.47. The molecule has 0 radical (unpaired) electrons. The molecule has 28 heavy (non-hydrogen) atoms. The summed E-state index contributed by atoms with van der Waals surface area (Å²) in [5, 5.41) is 3.03. The van der Waals surface area contributed by atoms with Gasteiger partial charge in [0.05, 0.1) is 6.42 Å². The van der Waals surface area contributed by atoms with E-state index in [0.29, 0.717) is 25.4 Å². The van der Waals surface area contributed by atoms with Gasteiger partial charge in [-0.1, -0.05) is 67.4 Å². The average Bonchev–Trinajstić information content (AvgIpc) is 3.37. The minimum Gasteiger partial charge on any atom is -0.355 e. The molecule has 1 N–H and O–H groups in total. The Kier molecular flexibility index (Phi) is 5.75. The molecule has 1 saturated carbocycles. The van der Waals surface area contributed by atoms with Crippen LogP contribution in [-0.4, -0.2) is 35.8 Å². The molecule has 2 aliphatic rings. The first-order chi connectivity index (χ1) is 13.7. The Morgan fingerprint density at radius 3 is 2.36 bits per heavy atom. The Balaban J connectivity index is 1.25. The highest BCUT2D eigenvalue weighted by Gasteiger charge is 2.35. The van der Waals surface area contributed by atoms with Gasteiger partial charge in [-0.2, -0.15) is 0 Å². The van der Waals surface area contributed by atoms with Crippen LogP contribution < -0.4 is 5.32 Å². The molecule has 4 rings (SSSR count). The molecule has 2 fully saturated rings. The molecule has 2 aromatic carbocycles. The van der Waals surface area contributed by atoms with E-state index in [0.717, 1.165) is 30.5 Å². The standard InChI is InChI=1S/C24H28N2O2/c27-23(14-18-10-12-21(13-11-18)20-6-2-1-3-7-20)25-16-19-15-24(28)26(17-19)22-8-4-5-9-22/h1-3,6-7,10-13,19,22H,4-5,8-9,14-17H2,(H,25,27). The van der Waals surface area contributed by atoms with Gasteiger partial charge in [0.15, 0.2) is 0 Å². The lowest BCUT2D eigenvalue weighted by atomic mass is 10.0. The number of nitrogens with zero attached hydrogens (tertiary/aromatic N) is 1. The molecule has 146 valence electrons. The first-order valence-electron chi connectivity index (χ1n) is 10.4. The highest BCUT2D eigenvalue weighted by Crippen LogP contribution is 2.29. The van der Waals surface area contributed by atoms with Gasteiger partial charge in [-0.25, -0.2) is 0 Å². The van der Waals surface area contributed by atoms with Crippen LogP contribution in [0, 0.1) is 5.92 Å². The van der Waals surface area contributed by atoms with Gasteiger partial charge in [0, 0.05) is 31.5 Å². The smallest absolute Gasteiger partial charge is 0.224 e. The van der Waals surface area contributed by atoms with Crippen molar-refractivity contribution in [2.45, 2.75) is 44.6 Å². The number of likely N-dealkylation sites (tertiary alicyclic amines) is 1. The van der Waals surface area contributed by atoms with Crippen LogP contribution in [0.3, 0.4) is 0 Å². The van der Waals surface area contributed by atoms with Gasteiger partial charge in [-0.15, -0.1) is 0 Å². The van der Waals surface area contributed by atoms with E-state index in [9.17, 15) is 9.59 Å². The normalized spacial score (nSPS) is 19.9. The number of carbonyl (C=O) groups excluding carboxylic acids is 2. The zero-order valence-electron chi connectivity index (χ0n) is 16.3. The maximum atomic E-state index is 12.3. The molecule has 0 bridgehead atoms. The average molecular weight is 377 g/mol. The Morgan fingerprint density at radius 1 is 0.964 bits per heavy atom. The molecule has 1 atom stereocenters. The van der Waals surface area contributed by atoms with E-state index in [-0.39, 0.29) is 17.7 Å². The highest BCUT2D eigenvalue weighted by molar-refractivity contribution is 5.80. The van der Waals surface area contributed by atoms with Gasteiger partial charge in [-0.05, 0) is 29.5 Å². The molecule has 4 heteroatoms. The molecule has 2 aromatic rings. The zero-order chi connectivity index (χ0) is 19.3. The van der Waals surface area contributed by atoms with Crippen molar-refractivity contribution >= 4 is 11.8 Å². The number of nitrogens with one attached hydrogen (secondary N) is 1. The van der Waals surface area contributed by atoms with Gasteiger partial charge >= 0.3 is 0 Å². The van der Waals surface area contributed by atoms with Crippen molar-refractivity contribution in [1.82, 2.24) is 10.2 Å². The molecule has 0 aromatic heterocycles. The van der Waals surface area contributed by atoms with Crippen LogP contribution in [0.1, 0.15) is 37.7 Å². The molecule has 4 nitrogen and oxygen atoms in total.